The van der Waals surface area contributed by atoms with Gasteiger partial charge in [0.2, 0.25) is 16.9 Å². The quantitative estimate of drug-likeness (QED) is 0.0365. The van der Waals surface area contributed by atoms with E-state index >= 15 is 0 Å². The summed E-state index contributed by atoms with van der Waals surface area (Å²) < 4.78 is 62.6. The number of nitrogens with one attached hydrogen (secondary N) is 2. The van der Waals surface area contributed by atoms with Crippen molar-refractivity contribution in [2.24, 2.45) is 5.41 Å². The fourth-order valence-corrected chi connectivity index (χ4v) is 8.61. The number of nitrogen functional groups attached to an aromatic ring is 1. The van der Waals surface area contributed by atoms with Crippen LogP contribution in [0.25, 0.3) is 11.2 Å². The van der Waals surface area contributed by atoms with Crippen molar-refractivity contribution in [1.82, 2.24) is 30.2 Å². The first kappa shape index (κ1) is 50.1. The number of carbonyl (C=O) groups is 4. The summed E-state index contributed by atoms with van der Waals surface area (Å²) in [5.41, 5.74) is 2.24. The van der Waals surface area contributed by atoms with Gasteiger partial charge < -0.3 is 56.0 Å². The number of aliphatic hydroxyl groups is 2. The number of aliphatic hydroxyl groups excluding tert-OH is 2. The minimum Gasteiger partial charge on any atom is -0.481 e. The molecule has 0 radical (unpaired) electrons. The van der Waals surface area contributed by atoms with Crippen LogP contribution in [0.1, 0.15) is 46.5 Å². The summed E-state index contributed by atoms with van der Waals surface area (Å²) in [7, 11) is -16.5. The molecule has 3 heterocycles. The van der Waals surface area contributed by atoms with E-state index in [1.165, 1.54) is 26.8 Å². The molecule has 1 saturated heterocycles. The molecule has 2 amide bonds. The minimum absolute atomic E-state index is 0.00950. The number of thioether (sulfide) groups is 1. The van der Waals surface area contributed by atoms with Crippen LogP contribution in [0.3, 0.4) is 0 Å². The van der Waals surface area contributed by atoms with Crippen molar-refractivity contribution in [2.75, 3.05) is 37.8 Å². The van der Waals surface area contributed by atoms with Gasteiger partial charge in [0.15, 0.2) is 17.2 Å². The maximum absolute atomic E-state index is 12.8. The Hall–Kier alpha value is -3.23. The minimum atomic E-state index is -5.61. The van der Waals surface area contributed by atoms with E-state index < -0.39 is 90.0 Å². The van der Waals surface area contributed by atoms with E-state index in [9.17, 15) is 62.7 Å². The van der Waals surface area contributed by atoms with Crippen LogP contribution in [0.5, 0.6) is 0 Å². The fraction of sp³-hybridized carbons (Fsp3) is 0.621. The second kappa shape index (κ2) is 21.0. The maximum Gasteiger partial charge on any atom is 0.481 e. The number of phosphoric ester groups is 3. The highest BCUT2D eigenvalue weighted by Gasteiger charge is 2.57. The zero-order chi connectivity index (χ0) is 44.4. The van der Waals surface area contributed by atoms with Crippen molar-refractivity contribution < 1.29 is 90.4 Å². The SMILES string of the molecule is CC(C)(COP(=O)(O)OP(=O)(O)OCC1OC(C)(n2cnc3c(N)ncnc32)C(O)C1OP(=O)(O)O)C(O)C(=O)NCCC(=O)NCCSC(=O)C=CCCCC(=O)O. The molecule has 3 rings (SSSR count). The van der Waals surface area contributed by atoms with E-state index in [2.05, 4.69) is 29.9 Å². The van der Waals surface area contributed by atoms with Crippen molar-refractivity contribution in [2.45, 2.75) is 76.6 Å². The number of anilines is 1. The molecule has 332 valence electrons. The lowest BCUT2D eigenvalue weighted by molar-refractivity contribution is -0.137. The van der Waals surface area contributed by atoms with Gasteiger partial charge >= 0.3 is 29.4 Å². The van der Waals surface area contributed by atoms with E-state index in [-0.39, 0.29) is 53.8 Å². The standard InChI is InChI=1S/C29H46N7O19P3S/c1-28(2,24(42)27(43)32-10-9-18(37)31-11-12-59-20(40)8-6-4-5-7-19(38)39)14-52-58(49,50)55-57(47,48)51-13-17-22(54-56(44,45)46)23(41)29(3,53-17)36-16-35-21-25(30)33-15-34-26(21)36/h6,8,15-17,22-24,41-42H,4-5,7,9-14H2,1-3H3,(H,31,37)(H,32,43)(H,38,39)(H,47,48)(H,49,50)(H2,30,33,34)(H2,44,45,46). The lowest BCUT2D eigenvalue weighted by Gasteiger charge is -2.30. The molecule has 0 bridgehead atoms. The number of allylic oxidation sites excluding steroid dienone is 1. The first-order valence-electron chi connectivity index (χ1n) is 17.2. The number of rotatable bonds is 24. The Morgan fingerprint density at radius 3 is 2.41 bits per heavy atom. The fourth-order valence-electron chi connectivity index (χ4n) is 5.19. The van der Waals surface area contributed by atoms with E-state index in [0.29, 0.717) is 12.8 Å². The molecule has 1 aliphatic heterocycles. The molecule has 2 aromatic rings. The molecule has 30 heteroatoms. The lowest BCUT2D eigenvalue weighted by Crippen LogP contribution is -2.46. The summed E-state index contributed by atoms with van der Waals surface area (Å²) in [6.45, 7) is 1.51. The lowest BCUT2D eigenvalue weighted by atomic mass is 9.87. The largest absolute Gasteiger partial charge is 0.481 e. The third kappa shape index (κ3) is 15.3. The predicted molar refractivity (Wildman–Crippen MR) is 202 cm³/mol. The molecular weight excluding hydrogens is 875 g/mol. The topological polar surface area (TPSA) is 401 Å². The second-order valence-electron chi connectivity index (χ2n) is 13.5. The van der Waals surface area contributed by atoms with Gasteiger partial charge in [-0.25, -0.2) is 28.6 Å². The molecule has 7 unspecified atom stereocenters. The van der Waals surface area contributed by atoms with E-state index in [1.807, 2.05) is 0 Å². The number of nitrogens with two attached hydrogens (primary N) is 1. The number of amides is 2. The van der Waals surface area contributed by atoms with Crippen LogP contribution in [0.4, 0.5) is 5.82 Å². The Morgan fingerprint density at radius 1 is 1.07 bits per heavy atom. The maximum atomic E-state index is 12.8. The molecule has 26 nitrogen and oxygen atoms in total. The van der Waals surface area contributed by atoms with E-state index in [4.69, 9.17) is 29.1 Å². The van der Waals surface area contributed by atoms with E-state index in [1.54, 1.807) is 6.08 Å². The monoisotopic (exact) mass is 921 g/mol. The normalized spacial score (nSPS) is 22.5. The molecule has 0 aromatic carbocycles. The van der Waals surface area contributed by atoms with Crippen molar-refractivity contribution in [1.29, 1.82) is 0 Å². The molecule has 11 N–H and O–H groups in total. The Bertz CT molecular complexity index is 2000. The van der Waals surface area contributed by atoms with Gasteiger partial charge in [0.05, 0.1) is 19.5 Å². The highest BCUT2D eigenvalue weighted by Crippen LogP contribution is 2.61. The molecule has 2 aromatic heterocycles. The number of hydrogen-bond donors (Lipinski definition) is 10. The number of aromatic nitrogens is 4. The molecule has 1 fully saturated rings. The van der Waals surface area contributed by atoms with Crippen LogP contribution in [0.2, 0.25) is 0 Å². The Kier molecular flexibility index (Phi) is 17.9. The molecule has 0 saturated carbocycles. The predicted octanol–water partition coefficient (Wildman–Crippen LogP) is -0.350. The molecular formula is C29H46N7O19P3S. The number of fused-ring (bicyclic) bond motifs is 1. The zero-order valence-corrected chi connectivity index (χ0v) is 35.1. The smallest absolute Gasteiger partial charge is 0.481 e. The van der Waals surface area contributed by atoms with Gasteiger partial charge in [-0.2, -0.15) is 4.31 Å². The van der Waals surface area contributed by atoms with Crippen LogP contribution in [0.15, 0.2) is 24.8 Å². The number of aliphatic carboxylic acids is 1. The zero-order valence-electron chi connectivity index (χ0n) is 31.6. The molecule has 0 aliphatic carbocycles. The van der Waals surface area contributed by atoms with Crippen LogP contribution >= 0.6 is 35.2 Å². The van der Waals surface area contributed by atoms with Gasteiger partial charge in [0, 0.05) is 37.1 Å². The van der Waals surface area contributed by atoms with Crippen LogP contribution in [-0.4, -0.2) is 134 Å². The number of nitrogens with zero attached hydrogens (tertiary/aromatic N) is 4. The van der Waals surface area contributed by atoms with Crippen LogP contribution < -0.4 is 16.4 Å². The highest BCUT2D eigenvalue weighted by molar-refractivity contribution is 8.14. The molecule has 7 atom stereocenters. The van der Waals surface area contributed by atoms with Gasteiger partial charge in [0.1, 0.15) is 36.3 Å². The average Bonchev–Trinajstić information content (AvgIpc) is 3.67. The van der Waals surface area contributed by atoms with Crippen molar-refractivity contribution >= 4 is 75.1 Å². The van der Waals surface area contributed by atoms with Gasteiger partial charge in [0.25, 0.3) is 0 Å². The van der Waals surface area contributed by atoms with Crippen molar-refractivity contribution in [3.8, 4) is 0 Å². The highest BCUT2D eigenvalue weighted by atomic mass is 32.2. The number of unbranched alkanes of at least 4 members (excludes halogenated alkanes) is 1. The number of carbonyl (C=O) groups excluding carboxylic acids is 3. The summed E-state index contributed by atoms with van der Waals surface area (Å²) in [6, 6.07) is 0. The summed E-state index contributed by atoms with van der Waals surface area (Å²) >= 11 is 0.931. The Labute approximate surface area is 339 Å². The Balaban J connectivity index is 1.48. The van der Waals surface area contributed by atoms with Crippen LogP contribution in [-0.2, 0) is 61.2 Å². The van der Waals surface area contributed by atoms with Crippen molar-refractivity contribution in [3.63, 3.8) is 0 Å². The number of carboxylic acid groups (broad SMARTS) is 1. The van der Waals surface area contributed by atoms with Gasteiger partial charge in [-0.3, -0.25) is 37.3 Å². The van der Waals surface area contributed by atoms with Crippen LogP contribution in [0, 0.1) is 5.41 Å². The number of carboxylic acids is 1. The Morgan fingerprint density at radius 2 is 1.75 bits per heavy atom. The first-order chi connectivity index (χ1) is 27.3. The molecule has 0 spiro atoms. The molecule has 1 aliphatic rings. The van der Waals surface area contributed by atoms with Crippen molar-refractivity contribution in [3.05, 3.63) is 24.8 Å². The number of hydrogen-bond acceptors (Lipinski definition) is 19. The van der Waals surface area contributed by atoms with Gasteiger partial charge in [-0.05, 0) is 25.8 Å². The van der Waals surface area contributed by atoms with Gasteiger partial charge in [-0.1, -0.05) is 31.7 Å². The third-order valence-corrected chi connectivity index (χ3v) is 12.2. The number of ether oxygens (including phenoxy) is 1. The number of imidazole rings is 1. The second-order valence-corrected chi connectivity index (χ2v) is 18.8. The average molecular weight is 922 g/mol. The first-order valence-corrected chi connectivity index (χ1v) is 22.7. The summed E-state index contributed by atoms with van der Waals surface area (Å²) in [5.74, 6) is -2.25. The van der Waals surface area contributed by atoms with E-state index in [0.717, 1.165) is 29.0 Å². The number of phosphoric acid groups is 3. The molecule has 59 heavy (non-hydrogen) atoms. The summed E-state index contributed by atoms with van der Waals surface area (Å²) in [4.78, 5) is 98.3. The van der Waals surface area contributed by atoms with Gasteiger partial charge in [-0.15, -0.1) is 0 Å². The third-order valence-electron chi connectivity index (χ3n) is 8.25. The summed E-state index contributed by atoms with van der Waals surface area (Å²) in [5, 5.41) is 34.9. The summed E-state index contributed by atoms with van der Waals surface area (Å²) in [6.07, 6.45) is -1.94.